The van der Waals surface area contributed by atoms with Gasteiger partial charge in [-0.1, -0.05) is 11.6 Å². The fraction of sp³-hybridized carbons (Fsp3) is 0.429. The lowest BCUT2D eigenvalue weighted by Crippen LogP contribution is -2.27. The van der Waals surface area contributed by atoms with Gasteiger partial charge in [0.15, 0.2) is 0 Å². The molecule has 0 saturated carbocycles. The summed E-state index contributed by atoms with van der Waals surface area (Å²) in [6.45, 7) is 4.19. The second kappa shape index (κ2) is 12.7. The Morgan fingerprint density at radius 1 is 1.17 bits per heavy atom. The molecule has 0 fully saturated rings. The number of nitrogens with one attached hydrogen (secondary N) is 1. The maximum Gasteiger partial charge on any atom is 0.253 e. The Morgan fingerprint density at radius 2 is 1.97 bits per heavy atom. The van der Waals surface area contributed by atoms with E-state index in [4.69, 9.17) is 19.2 Å². The van der Waals surface area contributed by atoms with E-state index in [0.717, 1.165) is 46.6 Å². The van der Waals surface area contributed by atoms with Gasteiger partial charge < -0.3 is 24.1 Å². The van der Waals surface area contributed by atoms with Crippen molar-refractivity contribution in [2.75, 3.05) is 27.4 Å². The molecule has 0 aliphatic heterocycles. The van der Waals surface area contributed by atoms with E-state index in [1.807, 2.05) is 42.6 Å². The SMILES string of the molecule is COCCNC(=O)c1cc(-c2csc(COc3ccc(OC)cc3)n2)n(CCC2=CCCCC2)c1C. The van der Waals surface area contributed by atoms with Crippen LogP contribution < -0.4 is 14.8 Å². The van der Waals surface area contributed by atoms with Gasteiger partial charge in [0.05, 0.1) is 30.7 Å². The van der Waals surface area contributed by atoms with E-state index < -0.39 is 0 Å². The van der Waals surface area contributed by atoms with Gasteiger partial charge in [-0.2, -0.15) is 0 Å². The minimum absolute atomic E-state index is 0.0836. The molecule has 0 atom stereocenters. The summed E-state index contributed by atoms with van der Waals surface area (Å²) in [5.41, 5.74) is 4.99. The van der Waals surface area contributed by atoms with Gasteiger partial charge in [-0.3, -0.25) is 4.79 Å². The van der Waals surface area contributed by atoms with E-state index in [-0.39, 0.29) is 5.91 Å². The van der Waals surface area contributed by atoms with Crippen LogP contribution in [0.25, 0.3) is 11.4 Å². The molecule has 0 saturated heterocycles. The number of ether oxygens (including phenoxy) is 3. The van der Waals surface area contributed by atoms with Crippen LogP contribution in [-0.4, -0.2) is 42.8 Å². The maximum absolute atomic E-state index is 12.9. The van der Waals surface area contributed by atoms with E-state index in [1.165, 1.54) is 31.3 Å². The van der Waals surface area contributed by atoms with Crippen LogP contribution in [0, 0.1) is 6.92 Å². The number of benzene rings is 1. The predicted molar refractivity (Wildman–Crippen MR) is 143 cm³/mol. The molecule has 8 heteroatoms. The van der Waals surface area contributed by atoms with Gasteiger partial charge in [0.1, 0.15) is 23.1 Å². The zero-order valence-corrected chi connectivity index (χ0v) is 22.2. The molecule has 1 N–H and O–H groups in total. The van der Waals surface area contributed by atoms with Crippen LogP contribution >= 0.6 is 11.3 Å². The number of amides is 1. The first-order valence-electron chi connectivity index (χ1n) is 12.5. The molecular formula is C28H35N3O4S. The molecule has 0 bridgehead atoms. The van der Waals surface area contributed by atoms with Crippen LogP contribution in [0.15, 0.2) is 47.4 Å². The van der Waals surface area contributed by atoms with E-state index in [9.17, 15) is 4.79 Å². The zero-order chi connectivity index (χ0) is 25.3. The number of aromatic nitrogens is 2. The number of rotatable bonds is 12. The quantitative estimate of drug-likeness (QED) is 0.248. The lowest BCUT2D eigenvalue weighted by molar-refractivity contribution is 0.0936. The average molecular weight is 510 g/mol. The summed E-state index contributed by atoms with van der Waals surface area (Å²) in [4.78, 5) is 17.8. The van der Waals surface area contributed by atoms with Gasteiger partial charge in [-0.25, -0.2) is 4.98 Å². The number of thiazole rings is 1. The Hall–Kier alpha value is -3.10. The number of hydrogen-bond acceptors (Lipinski definition) is 6. The smallest absolute Gasteiger partial charge is 0.253 e. The van der Waals surface area contributed by atoms with E-state index in [2.05, 4.69) is 16.0 Å². The van der Waals surface area contributed by atoms with Crippen LogP contribution in [-0.2, 0) is 17.9 Å². The van der Waals surface area contributed by atoms with Gasteiger partial charge >= 0.3 is 0 Å². The Balaban J connectivity index is 1.53. The highest BCUT2D eigenvalue weighted by molar-refractivity contribution is 7.09. The minimum Gasteiger partial charge on any atom is -0.497 e. The predicted octanol–water partition coefficient (Wildman–Crippen LogP) is 5.77. The minimum atomic E-state index is -0.0836. The molecule has 1 aromatic carbocycles. The standard InChI is InChI=1S/C28H35N3O4S/c1-20-24(28(32)29-14-16-33-2)17-26(31(20)15-13-21-7-5-4-6-8-21)25-19-36-27(30-25)18-35-23-11-9-22(34-3)10-12-23/h7,9-12,17,19H,4-6,8,13-16,18H2,1-3H3,(H,29,32). The summed E-state index contributed by atoms with van der Waals surface area (Å²) in [5, 5.41) is 5.88. The normalized spacial score (nSPS) is 13.4. The van der Waals surface area contributed by atoms with Gasteiger partial charge in [0.25, 0.3) is 5.91 Å². The molecule has 4 rings (SSSR count). The molecule has 0 radical (unpaired) electrons. The second-order valence-corrected chi connectivity index (χ2v) is 9.82. The Kier molecular flexibility index (Phi) is 9.19. The van der Waals surface area contributed by atoms with Crippen LogP contribution in [0.4, 0.5) is 0 Å². The molecule has 2 heterocycles. The van der Waals surface area contributed by atoms with E-state index in [0.29, 0.717) is 25.3 Å². The Bertz CT molecular complexity index is 1180. The number of carbonyl (C=O) groups is 1. The summed E-state index contributed by atoms with van der Waals surface area (Å²) < 4.78 is 18.4. The first-order chi connectivity index (χ1) is 17.6. The number of methoxy groups -OCH3 is 2. The highest BCUT2D eigenvalue weighted by Crippen LogP contribution is 2.30. The number of allylic oxidation sites excluding steroid dienone is 2. The van der Waals surface area contributed by atoms with Crippen LogP contribution in [0.1, 0.15) is 53.2 Å². The van der Waals surface area contributed by atoms with E-state index in [1.54, 1.807) is 25.6 Å². The fourth-order valence-electron chi connectivity index (χ4n) is 4.44. The van der Waals surface area contributed by atoms with Crippen molar-refractivity contribution < 1.29 is 19.0 Å². The second-order valence-electron chi connectivity index (χ2n) is 8.88. The average Bonchev–Trinajstić information content (AvgIpc) is 3.51. The van der Waals surface area contributed by atoms with Crippen LogP contribution in [0.3, 0.4) is 0 Å². The van der Waals surface area contributed by atoms with E-state index >= 15 is 0 Å². The molecule has 0 spiro atoms. The first kappa shape index (κ1) is 26.0. The molecule has 192 valence electrons. The number of nitrogens with zero attached hydrogens (tertiary/aromatic N) is 2. The first-order valence-corrected chi connectivity index (χ1v) is 13.3. The molecule has 1 aliphatic rings. The summed E-state index contributed by atoms with van der Waals surface area (Å²) in [7, 11) is 3.27. The largest absolute Gasteiger partial charge is 0.497 e. The van der Waals surface area contributed by atoms with Crippen molar-refractivity contribution in [1.29, 1.82) is 0 Å². The molecule has 2 aromatic heterocycles. The lowest BCUT2D eigenvalue weighted by atomic mass is 9.97. The summed E-state index contributed by atoms with van der Waals surface area (Å²) in [5.74, 6) is 1.48. The highest BCUT2D eigenvalue weighted by atomic mass is 32.1. The Labute approximate surface area is 217 Å². The molecule has 1 amide bonds. The van der Waals surface area contributed by atoms with Crippen LogP contribution in [0.2, 0.25) is 0 Å². The summed E-state index contributed by atoms with van der Waals surface area (Å²) in [6.07, 6.45) is 8.26. The van der Waals surface area contributed by atoms with Gasteiger partial charge in [0, 0.05) is 31.3 Å². The van der Waals surface area contributed by atoms with Gasteiger partial charge in [0.2, 0.25) is 0 Å². The molecular weight excluding hydrogens is 474 g/mol. The zero-order valence-electron chi connectivity index (χ0n) is 21.3. The van der Waals surface area contributed by atoms with Crippen molar-refractivity contribution in [3.63, 3.8) is 0 Å². The summed E-state index contributed by atoms with van der Waals surface area (Å²) >= 11 is 1.56. The van der Waals surface area contributed by atoms with Gasteiger partial charge in [-0.05, 0) is 69.4 Å². The van der Waals surface area contributed by atoms with Crippen molar-refractivity contribution >= 4 is 17.2 Å². The molecule has 36 heavy (non-hydrogen) atoms. The Morgan fingerprint density at radius 3 is 2.69 bits per heavy atom. The van der Waals surface area contributed by atoms with Crippen molar-refractivity contribution in [3.8, 4) is 22.9 Å². The summed E-state index contributed by atoms with van der Waals surface area (Å²) in [6, 6.07) is 9.49. The monoisotopic (exact) mass is 509 g/mol. The highest BCUT2D eigenvalue weighted by Gasteiger charge is 2.20. The molecule has 0 unspecified atom stereocenters. The van der Waals surface area contributed by atoms with Crippen molar-refractivity contribution in [3.05, 3.63) is 63.6 Å². The third-order valence-electron chi connectivity index (χ3n) is 6.48. The topological polar surface area (TPSA) is 74.6 Å². The third-order valence-corrected chi connectivity index (χ3v) is 7.30. The molecule has 3 aromatic rings. The van der Waals surface area contributed by atoms with Crippen molar-refractivity contribution in [2.24, 2.45) is 0 Å². The van der Waals surface area contributed by atoms with Crippen molar-refractivity contribution in [2.45, 2.75) is 52.2 Å². The molecule has 1 aliphatic carbocycles. The third kappa shape index (κ3) is 6.56. The maximum atomic E-state index is 12.9. The van der Waals surface area contributed by atoms with Crippen LogP contribution in [0.5, 0.6) is 11.5 Å². The lowest BCUT2D eigenvalue weighted by Gasteiger charge is -2.15. The van der Waals surface area contributed by atoms with Gasteiger partial charge in [-0.15, -0.1) is 11.3 Å². The fourth-order valence-corrected chi connectivity index (χ4v) is 5.14. The van der Waals surface area contributed by atoms with Crippen molar-refractivity contribution in [1.82, 2.24) is 14.9 Å². The molecule has 7 nitrogen and oxygen atoms in total. The number of hydrogen-bond donors (Lipinski definition) is 1. The number of carbonyl (C=O) groups excluding carboxylic acids is 1.